The first-order valence-electron chi connectivity index (χ1n) is 7.34. The summed E-state index contributed by atoms with van der Waals surface area (Å²) < 4.78 is 0. The molecular formula is C17H17Cl2N3O2. The summed E-state index contributed by atoms with van der Waals surface area (Å²) in [6, 6.07) is 13.8. The molecule has 7 heteroatoms. The topological polar surface area (TPSA) is 70.2 Å². The zero-order valence-electron chi connectivity index (χ0n) is 12.8. The quantitative estimate of drug-likeness (QED) is 0.733. The Morgan fingerprint density at radius 2 is 1.67 bits per heavy atom. The summed E-state index contributed by atoms with van der Waals surface area (Å²) >= 11 is 11.7. The van der Waals surface area contributed by atoms with Gasteiger partial charge in [0, 0.05) is 22.3 Å². The lowest BCUT2D eigenvalue weighted by Gasteiger charge is -2.09. The van der Waals surface area contributed by atoms with Crippen LogP contribution in [0.2, 0.25) is 10.0 Å². The first-order valence-corrected chi connectivity index (χ1v) is 8.10. The SMILES string of the molecule is O=C(CNC(=O)NCCc1cccc(Cl)c1)Nc1ccc(Cl)cc1. The molecule has 126 valence electrons. The third-order valence-electron chi connectivity index (χ3n) is 3.13. The van der Waals surface area contributed by atoms with Crippen LogP contribution in [0.1, 0.15) is 5.56 Å². The molecule has 24 heavy (non-hydrogen) atoms. The van der Waals surface area contributed by atoms with Gasteiger partial charge in [-0.1, -0.05) is 35.3 Å². The maximum Gasteiger partial charge on any atom is 0.315 e. The van der Waals surface area contributed by atoms with Crippen molar-refractivity contribution in [1.29, 1.82) is 0 Å². The van der Waals surface area contributed by atoms with Crippen molar-refractivity contribution in [2.45, 2.75) is 6.42 Å². The maximum absolute atomic E-state index is 11.7. The van der Waals surface area contributed by atoms with Crippen molar-refractivity contribution in [3.8, 4) is 0 Å². The summed E-state index contributed by atoms with van der Waals surface area (Å²) in [4.78, 5) is 23.4. The minimum Gasteiger partial charge on any atom is -0.338 e. The van der Waals surface area contributed by atoms with E-state index in [2.05, 4.69) is 16.0 Å². The first kappa shape index (κ1) is 18.1. The number of urea groups is 1. The van der Waals surface area contributed by atoms with Gasteiger partial charge in [0.2, 0.25) is 5.91 Å². The molecule has 0 saturated carbocycles. The fourth-order valence-corrected chi connectivity index (χ4v) is 2.31. The fraction of sp³-hybridized carbons (Fsp3) is 0.176. The molecule has 0 unspecified atom stereocenters. The zero-order valence-corrected chi connectivity index (χ0v) is 14.3. The molecule has 3 amide bonds. The lowest BCUT2D eigenvalue weighted by Crippen LogP contribution is -2.40. The summed E-state index contributed by atoms with van der Waals surface area (Å²) in [5, 5.41) is 9.09. The van der Waals surface area contributed by atoms with Crippen molar-refractivity contribution in [2.75, 3.05) is 18.4 Å². The Labute approximate surface area is 150 Å². The van der Waals surface area contributed by atoms with Crippen LogP contribution < -0.4 is 16.0 Å². The summed E-state index contributed by atoms with van der Waals surface area (Å²) in [5.74, 6) is -0.317. The van der Waals surface area contributed by atoms with Gasteiger partial charge >= 0.3 is 6.03 Å². The molecule has 0 aliphatic carbocycles. The largest absolute Gasteiger partial charge is 0.338 e. The van der Waals surface area contributed by atoms with Gasteiger partial charge in [0.1, 0.15) is 0 Å². The standard InChI is InChI=1S/C17H17Cl2N3O2/c18-13-4-6-15(7-5-13)22-16(23)11-21-17(24)20-9-8-12-2-1-3-14(19)10-12/h1-7,10H,8-9,11H2,(H,22,23)(H2,20,21,24). The van der Waals surface area contributed by atoms with Crippen LogP contribution in [0.4, 0.5) is 10.5 Å². The van der Waals surface area contributed by atoms with Crippen LogP contribution >= 0.6 is 23.2 Å². The second kappa shape index (κ2) is 9.15. The van der Waals surface area contributed by atoms with Gasteiger partial charge in [0.25, 0.3) is 0 Å². The van der Waals surface area contributed by atoms with E-state index in [1.54, 1.807) is 30.3 Å². The van der Waals surface area contributed by atoms with Crippen molar-refractivity contribution >= 4 is 40.8 Å². The summed E-state index contributed by atoms with van der Waals surface area (Å²) in [5.41, 5.74) is 1.65. The lowest BCUT2D eigenvalue weighted by atomic mass is 10.1. The average Bonchev–Trinajstić information content (AvgIpc) is 2.55. The highest BCUT2D eigenvalue weighted by molar-refractivity contribution is 6.30. The van der Waals surface area contributed by atoms with Crippen LogP contribution in [0, 0.1) is 0 Å². The molecule has 0 aromatic heterocycles. The second-order valence-corrected chi connectivity index (χ2v) is 5.92. The number of benzene rings is 2. The number of halogens is 2. The Balaban J connectivity index is 1.65. The van der Waals surface area contributed by atoms with Crippen molar-refractivity contribution in [2.24, 2.45) is 0 Å². The molecule has 0 radical (unpaired) electrons. The van der Waals surface area contributed by atoms with Gasteiger partial charge in [0.05, 0.1) is 6.54 Å². The van der Waals surface area contributed by atoms with Gasteiger partial charge in [-0.3, -0.25) is 4.79 Å². The number of anilines is 1. The Hall–Kier alpha value is -2.24. The van der Waals surface area contributed by atoms with E-state index in [1.807, 2.05) is 18.2 Å². The average molecular weight is 366 g/mol. The van der Waals surface area contributed by atoms with Crippen LogP contribution in [0.5, 0.6) is 0 Å². The number of carbonyl (C=O) groups excluding carboxylic acids is 2. The molecule has 0 aliphatic heterocycles. The molecule has 0 atom stereocenters. The monoisotopic (exact) mass is 365 g/mol. The lowest BCUT2D eigenvalue weighted by molar-refractivity contribution is -0.115. The van der Waals surface area contributed by atoms with Gasteiger partial charge in [-0.15, -0.1) is 0 Å². The Kier molecular flexibility index (Phi) is 6.90. The third-order valence-corrected chi connectivity index (χ3v) is 3.61. The number of hydrogen-bond donors (Lipinski definition) is 3. The number of rotatable bonds is 6. The van der Waals surface area contributed by atoms with Gasteiger partial charge in [-0.2, -0.15) is 0 Å². The zero-order chi connectivity index (χ0) is 17.4. The molecule has 3 N–H and O–H groups in total. The third kappa shape index (κ3) is 6.48. The van der Waals surface area contributed by atoms with Crippen LogP contribution in [-0.2, 0) is 11.2 Å². The van der Waals surface area contributed by atoms with E-state index in [0.29, 0.717) is 28.7 Å². The van der Waals surface area contributed by atoms with E-state index in [-0.39, 0.29) is 12.5 Å². The minimum absolute atomic E-state index is 0.119. The summed E-state index contributed by atoms with van der Waals surface area (Å²) in [7, 11) is 0. The number of carbonyl (C=O) groups is 2. The van der Waals surface area contributed by atoms with Crippen molar-refractivity contribution in [3.05, 3.63) is 64.1 Å². The Morgan fingerprint density at radius 1 is 0.917 bits per heavy atom. The van der Waals surface area contributed by atoms with Gasteiger partial charge in [-0.25, -0.2) is 4.79 Å². The maximum atomic E-state index is 11.7. The van der Waals surface area contributed by atoms with Crippen LogP contribution in [0.25, 0.3) is 0 Å². The molecule has 2 aromatic rings. The Morgan fingerprint density at radius 3 is 2.38 bits per heavy atom. The van der Waals surface area contributed by atoms with E-state index in [9.17, 15) is 9.59 Å². The van der Waals surface area contributed by atoms with E-state index in [0.717, 1.165) is 5.56 Å². The van der Waals surface area contributed by atoms with Crippen molar-refractivity contribution < 1.29 is 9.59 Å². The van der Waals surface area contributed by atoms with Crippen LogP contribution in [0.15, 0.2) is 48.5 Å². The van der Waals surface area contributed by atoms with E-state index in [4.69, 9.17) is 23.2 Å². The molecule has 0 heterocycles. The number of nitrogens with one attached hydrogen (secondary N) is 3. The predicted molar refractivity (Wildman–Crippen MR) is 96.6 cm³/mol. The summed E-state index contributed by atoms with van der Waals surface area (Å²) in [6.07, 6.45) is 0.658. The van der Waals surface area contributed by atoms with Crippen molar-refractivity contribution in [3.63, 3.8) is 0 Å². The molecule has 0 fully saturated rings. The van der Waals surface area contributed by atoms with Gasteiger partial charge in [0.15, 0.2) is 0 Å². The van der Waals surface area contributed by atoms with Gasteiger partial charge < -0.3 is 16.0 Å². The summed E-state index contributed by atoms with van der Waals surface area (Å²) in [6.45, 7) is 0.330. The minimum atomic E-state index is -0.400. The Bertz CT molecular complexity index is 705. The first-order chi connectivity index (χ1) is 11.5. The molecule has 2 aromatic carbocycles. The highest BCUT2D eigenvalue weighted by atomic mass is 35.5. The molecule has 0 saturated heterocycles. The molecule has 2 rings (SSSR count). The fourth-order valence-electron chi connectivity index (χ4n) is 1.97. The van der Waals surface area contributed by atoms with Crippen molar-refractivity contribution in [1.82, 2.24) is 10.6 Å². The van der Waals surface area contributed by atoms with Crippen LogP contribution in [0.3, 0.4) is 0 Å². The van der Waals surface area contributed by atoms with E-state index >= 15 is 0 Å². The molecule has 0 bridgehead atoms. The van der Waals surface area contributed by atoms with E-state index < -0.39 is 6.03 Å². The highest BCUT2D eigenvalue weighted by Gasteiger charge is 2.05. The number of amides is 3. The van der Waals surface area contributed by atoms with Crippen LogP contribution in [-0.4, -0.2) is 25.0 Å². The molecular weight excluding hydrogens is 349 g/mol. The molecule has 0 spiro atoms. The van der Waals surface area contributed by atoms with E-state index in [1.165, 1.54) is 0 Å². The molecule has 0 aliphatic rings. The predicted octanol–water partition coefficient (Wildman–Crippen LogP) is 3.47. The molecule has 5 nitrogen and oxygen atoms in total. The highest BCUT2D eigenvalue weighted by Crippen LogP contribution is 2.13. The second-order valence-electron chi connectivity index (χ2n) is 5.04. The number of hydrogen-bond acceptors (Lipinski definition) is 2. The van der Waals surface area contributed by atoms with Gasteiger partial charge in [-0.05, 0) is 48.4 Å². The normalized spacial score (nSPS) is 10.1. The smallest absolute Gasteiger partial charge is 0.315 e.